The van der Waals surface area contributed by atoms with Gasteiger partial charge < -0.3 is 14.8 Å². The number of carbonyl (C=O) groups excluding carboxylic acids is 2. The zero-order chi connectivity index (χ0) is 20.6. The van der Waals surface area contributed by atoms with Crippen LogP contribution in [0.15, 0.2) is 78.9 Å². The van der Waals surface area contributed by atoms with Gasteiger partial charge in [-0.25, -0.2) is 9.18 Å². The molecular formula is C23H20FNO4. The lowest BCUT2D eigenvalue weighted by molar-refractivity contribution is -0.123. The van der Waals surface area contributed by atoms with E-state index < -0.39 is 23.8 Å². The number of ether oxygens (including phenoxy) is 2. The van der Waals surface area contributed by atoms with E-state index in [2.05, 4.69) is 5.32 Å². The highest BCUT2D eigenvalue weighted by Gasteiger charge is 2.21. The van der Waals surface area contributed by atoms with Crippen LogP contribution >= 0.6 is 0 Å². The number of anilines is 1. The molecule has 1 atom stereocenters. The molecule has 1 amide bonds. The highest BCUT2D eigenvalue weighted by atomic mass is 19.1. The number of carbonyl (C=O) groups is 2. The maximum Gasteiger partial charge on any atom is 0.339 e. The molecule has 0 aliphatic rings. The molecule has 0 heterocycles. The maximum absolute atomic E-state index is 13.7. The molecule has 0 aliphatic carbocycles. The van der Waals surface area contributed by atoms with Gasteiger partial charge in [0.2, 0.25) is 0 Å². The zero-order valence-electron chi connectivity index (χ0n) is 15.8. The van der Waals surface area contributed by atoms with Crippen LogP contribution in [0, 0.1) is 5.82 Å². The summed E-state index contributed by atoms with van der Waals surface area (Å²) >= 11 is 0. The molecule has 0 bridgehead atoms. The van der Waals surface area contributed by atoms with E-state index in [0.717, 1.165) is 0 Å². The lowest BCUT2D eigenvalue weighted by Crippen LogP contribution is -2.30. The predicted octanol–water partition coefficient (Wildman–Crippen LogP) is 4.59. The quantitative estimate of drug-likeness (QED) is 0.597. The molecule has 148 valence electrons. The Kier molecular flexibility index (Phi) is 6.58. The van der Waals surface area contributed by atoms with Crippen LogP contribution in [0.5, 0.6) is 5.75 Å². The van der Waals surface area contributed by atoms with Crippen LogP contribution in [0.4, 0.5) is 10.1 Å². The number of halogens is 1. The second-order valence-electron chi connectivity index (χ2n) is 6.28. The molecule has 3 rings (SSSR count). The Morgan fingerprint density at radius 1 is 0.931 bits per heavy atom. The van der Waals surface area contributed by atoms with Crippen molar-refractivity contribution in [3.63, 3.8) is 0 Å². The Bertz CT molecular complexity index is 991. The van der Waals surface area contributed by atoms with Gasteiger partial charge in [-0.1, -0.05) is 48.5 Å². The van der Waals surface area contributed by atoms with Gasteiger partial charge in [0.15, 0.2) is 6.10 Å². The number of rotatable bonds is 7. The molecule has 0 aromatic heterocycles. The summed E-state index contributed by atoms with van der Waals surface area (Å²) < 4.78 is 24.7. The average molecular weight is 393 g/mol. The van der Waals surface area contributed by atoms with Gasteiger partial charge in [0.25, 0.3) is 5.91 Å². The number of benzene rings is 3. The number of hydrogen-bond donors (Lipinski definition) is 1. The minimum Gasteiger partial charge on any atom is -0.489 e. The van der Waals surface area contributed by atoms with Crippen LogP contribution in [-0.2, 0) is 16.1 Å². The highest BCUT2D eigenvalue weighted by molar-refractivity contribution is 5.97. The van der Waals surface area contributed by atoms with Crippen LogP contribution in [0.1, 0.15) is 22.8 Å². The van der Waals surface area contributed by atoms with E-state index in [9.17, 15) is 14.0 Å². The molecule has 1 N–H and O–H groups in total. The van der Waals surface area contributed by atoms with E-state index in [1.165, 1.54) is 25.1 Å². The molecular weight excluding hydrogens is 373 g/mol. The minimum absolute atomic E-state index is 0.0251. The molecule has 0 unspecified atom stereocenters. The third-order valence-electron chi connectivity index (χ3n) is 4.16. The first-order valence-corrected chi connectivity index (χ1v) is 9.06. The molecule has 0 radical (unpaired) electrons. The Hall–Kier alpha value is -3.67. The molecule has 0 saturated heterocycles. The Morgan fingerprint density at radius 3 is 2.34 bits per heavy atom. The van der Waals surface area contributed by atoms with Crippen molar-refractivity contribution in [2.24, 2.45) is 0 Å². The monoisotopic (exact) mass is 393 g/mol. The fourth-order valence-corrected chi connectivity index (χ4v) is 2.60. The largest absolute Gasteiger partial charge is 0.489 e. The summed E-state index contributed by atoms with van der Waals surface area (Å²) in [5.74, 6) is -1.18. The van der Waals surface area contributed by atoms with Gasteiger partial charge in [0.05, 0.1) is 11.3 Å². The van der Waals surface area contributed by atoms with E-state index >= 15 is 0 Å². The number of esters is 1. The minimum atomic E-state index is -1.11. The summed E-state index contributed by atoms with van der Waals surface area (Å²) in [4.78, 5) is 24.8. The van der Waals surface area contributed by atoms with Crippen molar-refractivity contribution in [1.29, 1.82) is 0 Å². The molecule has 5 nitrogen and oxygen atoms in total. The first-order chi connectivity index (χ1) is 14.0. The molecule has 3 aromatic rings. The lowest BCUT2D eigenvalue weighted by Gasteiger charge is -2.15. The molecule has 0 fully saturated rings. The van der Waals surface area contributed by atoms with Crippen LogP contribution in [0.3, 0.4) is 0 Å². The number of amides is 1. The molecule has 6 heteroatoms. The maximum atomic E-state index is 13.7. The van der Waals surface area contributed by atoms with Crippen LogP contribution in [-0.4, -0.2) is 18.0 Å². The molecule has 3 aromatic carbocycles. The standard InChI is InChI=1S/C23H20FNO4/c1-16(22(26)25-21-14-8-7-13-20(21)24)29-23(27)19-12-6-5-9-17(19)15-28-18-10-3-2-4-11-18/h2-14,16H,15H2,1H3,(H,25,26)/t16-/m0/s1. The average Bonchev–Trinajstić information content (AvgIpc) is 2.74. The summed E-state index contributed by atoms with van der Waals surface area (Å²) in [6, 6.07) is 21.8. The summed E-state index contributed by atoms with van der Waals surface area (Å²) in [6.45, 7) is 1.60. The third-order valence-corrected chi connectivity index (χ3v) is 4.16. The van der Waals surface area contributed by atoms with Crippen molar-refractivity contribution in [1.82, 2.24) is 0 Å². The molecule has 0 spiro atoms. The first kappa shape index (κ1) is 20.1. The van der Waals surface area contributed by atoms with E-state index in [1.54, 1.807) is 30.3 Å². The van der Waals surface area contributed by atoms with E-state index in [1.807, 2.05) is 30.3 Å². The van der Waals surface area contributed by atoms with E-state index in [-0.39, 0.29) is 12.3 Å². The first-order valence-electron chi connectivity index (χ1n) is 9.06. The van der Waals surface area contributed by atoms with Gasteiger partial charge in [-0.2, -0.15) is 0 Å². The summed E-state index contributed by atoms with van der Waals surface area (Å²) in [5.41, 5.74) is 0.953. The fraction of sp³-hybridized carbons (Fsp3) is 0.130. The van der Waals surface area contributed by atoms with Gasteiger partial charge in [-0.05, 0) is 37.3 Å². The number of nitrogens with one attached hydrogen (secondary N) is 1. The van der Waals surface area contributed by atoms with Gasteiger partial charge in [0, 0.05) is 5.56 Å². The Balaban J connectivity index is 1.64. The van der Waals surface area contributed by atoms with Crippen molar-refractivity contribution in [2.75, 3.05) is 5.32 Å². The predicted molar refractivity (Wildman–Crippen MR) is 107 cm³/mol. The van der Waals surface area contributed by atoms with Crippen LogP contribution < -0.4 is 10.1 Å². The summed E-state index contributed by atoms with van der Waals surface area (Å²) in [5, 5.41) is 2.41. The van der Waals surface area contributed by atoms with Crippen LogP contribution in [0.2, 0.25) is 0 Å². The number of para-hydroxylation sites is 2. The fourth-order valence-electron chi connectivity index (χ4n) is 2.60. The summed E-state index contributed by atoms with van der Waals surface area (Å²) in [6.07, 6.45) is -1.11. The van der Waals surface area contributed by atoms with Gasteiger partial charge in [-0.3, -0.25) is 4.79 Å². The van der Waals surface area contributed by atoms with Crippen molar-refractivity contribution in [3.05, 3.63) is 95.8 Å². The molecule has 0 aliphatic heterocycles. The topological polar surface area (TPSA) is 64.6 Å². The molecule has 29 heavy (non-hydrogen) atoms. The zero-order valence-corrected chi connectivity index (χ0v) is 15.8. The Morgan fingerprint density at radius 2 is 1.59 bits per heavy atom. The van der Waals surface area contributed by atoms with Crippen molar-refractivity contribution >= 4 is 17.6 Å². The van der Waals surface area contributed by atoms with E-state index in [0.29, 0.717) is 16.9 Å². The number of hydrogen-bond acceptors (Lipinski definition) is 4. The SMILES string of the molecule is C[C@H](OC(=O)c1ccccc1COc1ccccc1)C(=O)Nc1ccccc1F. The smallest absolute Gasteiger partial charge is 0.339 e. The van der Waals surface area contributed by atoms with Gasteiger partial charge in [0.1, 0.15) is 18.2 Å². The Labute approximate surface area is 168 Å². The molecule has 0 saturated carbocycles. The lowest BCUT2D eigenvalue weighted by atomic mass is 10.1. The highest BCUT2D eigenvalue weighted by Crippen LogP contribution is 2.17. The van der Waals surface area contributed by atoms with Crippen LogP contribution in [0.25, 0.3) is 0 Å². The normalized spacial score (nSPS) is 11.4. The van der Waals surface area contributed by atoms with Gasteiger partial charge in [-0.15, -0.1) is 0 Å². The van der Waals surface area contributed by atoms with Crippen molar-refractivity contribution < 1.29 is 23.5 Å². The van der Waals surface area contributed by atoms with Crippen molar-refractivity contribution in [3.8, 4) is 5.75 Å². The third kappa shape index (κ3) is 5.42. The second kappa shape index (κ2) is 9.50. The van der Waals surface area contributed by atoms with E-state index in [4.69, 9.17) is 9.47 Å². The van der Waals surface area contributed by atoms with Gasteiger partial charge >= 0.3 is 5.97 Å². The second-order valence-corrected chi connectivity index (χ2v) is 6.28. The summed E-state index contributed by atoms with van der Waals surface area (Å²) in [7, 11) is 0. The van der Waals surface area contributed by atoms with Crippen molar-refractivity contribution in [2.45, 2.75) is 19.6 Å².